The molecule has 1 aromatic carbocycles. The van der Waals surface area contributed by atoms with Crippen LogP contribution in [0.3, 0.4) is 0 Å². The molecule has 0 amide bonds. The van der Waals surface area contributed by atoms with Crippen LogP contribution in [0.5, 0.6) is 11.5 Å². The molecule has 0 aromatic heterocycles. The highest BCUT2D eigenvalue weighted by Crippen LogP contribution is 2.26. The van der Waals surface area contributed by atoms with E-state index in [0.29, 0.717) is 11.4 Å². The van der Waals surface area contributed by atoms with Crippen LogP contribution >= 0.6 is 15.9 Å². The fourth-order valence-electron chi connectivity index (χ4n) is 2.25. The number of rotatable bonds is 6. The number of hydrogen-bond acceptors (Lipinski definition) is 3. The normalized spacial score (nSPS) is 17.4. The monoisotopic (exact) mass is 327 g/mol. The van der Waals surface area contributed by atoms with E-state index in [-0.39, 0.29) is 0 Å². The van der Waals surface area contributed by atoms with Crippen LogP contribution in [0.25, 0.3) is 0 Å². The Kier molecular flexibility index (Phi) is 5.98. The van der Waals surface area contributed by atoms with Gasteiger partial charge in [0, 0.05) is 11.4 Å². The van der Waals surface area contributed by atoms with Crippen molar-refractivity contribution in [1.82, 2.24) is 4.90 Å². The highest BCUT2D eigenvalue weighted by Gasteiger charge is 2.16. The summed E-state index contributed by atoms with van der Waals surface area (Å²) in [5.74, 6) is 1.68. The zero-order chi connectivity index (χ0) is 13.5. The van der Waals surface area contributed by atoms with Crippen molar-refractivity contribution in [2.45, 2.75) is 24.6 Å². The lowest BCUT2D eigenvalue weighted by Gasteiger charge is -2.29. The second-order valence-electron chi connectivity index (χ2n) is 4.74. The molecule has 2 rings (SSSR count). The van der Waals surface area contributed by atoms with Gasteiger partial charge in [-0.15, -0.1) is 0 Å². The van der Waals surface area contributed by atoms with Gasteiger partial charge in [-0.25, -0.2) is 0 Å². The smallest absolute Gasteiger partial charge is 0.161 e. The predicted molar refractivity (Wildman–Crippen MR) is 81.5 cm³/mol. The maximum atomic E-state index is 5.84. The van der Waals surface area contributed by atoms with E-state index in [2.05, 4.69) is 20.8 Å². The molecule has 0 radical (unpaired) electrons. The quantitative estimate of drug-likeness (QED) is 0.748. The molecule has 0 atom stereocenters. The first-order valence-electron chi connectivity index (χ1n) is 7.00. The van der Waals surface area contributed by atoms with Gasteiger partial charge in [-0.2, -0.15) is 0 Å². The maximum Gasteiger partial charge on any atom is 0.161 e. The topological polar surface area (TPSA) is 21.7 Å². The Morgan fingerprint density at radius 1 is 1.16 bits per heavy atom. The maximum absolute atomic E-state index is 5.84. The van der Waals surface area contributed by atoms with Gasteiger partial charge in [-0.3, -0.25) is 4.90 Å². The fourth-order valence-corrected chi connectivity index (χ4v) is 2.66. The molecule has 3 nitrogen and oxygen atoms in total. The third-order valence-corrected chi connectivity index (χ3v) is 4.25. The average molecular weight is 328 g/mol. The molecule has 1 aromatic rings. The molecule has 1 aliphatic rings. The minimum atomic E-state index is 0.666. The summed E-state index contributed by atoms with van der Waals surface area (Å²) in [5.41, 5.74) is 0. The van der Waals surface area contributed by atoms with Crippen LogP contribution in [0.1, 0.15) is 19.8 Å². The Morgan fingerprint density at radius 2 is 1.79 bits per heavy atom. The van der Waals surface area contributed by atoms with Crippen LogP contribution in [0, 0.1) is 0 Å². The first-order valence-corrected chi connectivity index (χ1v) is 7.92. The number of para-hydroxylation sites is 2. The van der Waals surface area contributed by atoms with Crippen molar-refractivity contribution in [3.8, 4) is 11.5 Å². The van der Waals surface area contributed by atoms with Gasteiger partial charge >= 0.3 is 0 Å². The molecule has 0 saturated carbocycles. The third-order valence-electron chi connectivity index (χ3n) is 3.33. The van der Waals surface area contributed by atoms with Gasteiger partial charge in [0.05, 0.1) is 6.61 Å². The van der Waals surface area contributed by atoms with Gasteiger partial charge < -0.3 is 9.47 Å². The largest absolute Gasteiger partial charge is 0.490 e. The first kappa shape index (κ1) is 14.7. The molecule has 0 unspecified atom stereocenters. The number of alkyl halides is 1. The first-order chi connectivity index (χ1) is 9.29. The summed E-state index contributed by atoms with van der Waals surface area (Å²) < 4.78 is 11.4. The molecule has 0 N–H and O–H groups in total. The van der Waals surface area contributed by atoms with Gasteiger partial charge in [-0.1, -0.05) is 28.1 Å². The van der Waals surface area contributed by atoms with Crippen LogP contribution in [-0.2, 0) is 0 Å². The summed E-state index contributed by atoms with van der Waals surface area (Å²) in [4.78, 5) is 3.16. The Hall–Kier alpha value is -0.740. The molecule has 0 bridgehead atoms. The molecular formula is C15H22BrNO2. The summed E-state index contributed by atoms with van der Waals surface area (Å²) in [6.45, 7) is 6.68. The van der Waals surface area contributed by atoms with Crippen molar-refractivity contribution in [3.63, 3.8) is 0 Å². The number of halogens is 1. The van der Waals surface area contributed by atoms with E-state index in [4.69, 9.17) is 9.47 Å². The van der Waals surface area contributed by atoms with E-state index in [0.717, 1.165) is 37.7 Å². The number of likely N-dealkylation sites (tertiary alicyclic amines) is 1. The molecule has 19 heavy (non-hydrogen) atoms. The number of nitrogens with zero attached hydrogens (tertiary/aromatic N) is 1. The van der Waals surface area contributed by atoms with Crippen molar-refractivity contribution < 1.29 is 9.47 Å². The fraction of sp³-hybridized carbons (Fsp3) is 0.600. The average Bonchev–Trinajstić information content (AvgIpc) is 2.43. The Morgan fingerprint density at radius 3 is 2.42 bits per heavy atom. The van der Waals surface area contributed by atoms with Gasteiger partial charge in [-0.05, 0) is 45.0 Å². The van der Waals surface area contributed by atoms with E-state index in [1.165, 1.54) is 12.8 Å². The lowest BCUT2D eigenvalue weighted by molar-refractivity contribution is 0.182. The summed E-state index contributed by atoms with van der Waals surface area (Å²) >= 11 is 3.67. The zero-order valence-electron chi connectivity index (χ0n) is 11.5. The highest BCUT2D eigenvalue weighted by molar-refractivity contribution is 9.09. The number of hydrogen-bond donors (Lipinski definition) is 0. The number of benzene rings is 1. The summed E-state index contributed by atoms with van der Waals surface area (Å²) in [6, 6.07) is 7.87. The number of ether oxygens (including phenoxy) is 2. The van der Waals surface area contributed by atoms with Crippen molar-refractivity contribution in [1.29, 1.82) is 0 Å². The minimum absolute atomic E-state index is 0.666. The highest BCUT2D eigenvalue weighted by atomic mass is 79.9. The second kappa shape index (κ2) is 7.75. The van der Waals surface area contributed by atoms with Crippen molar-refractivity contribution in [2.24, 2.45) is 0 Å². The van der Waals surface area contributed by atoms with Crippen molar-refractivity contribution >= 4 is 15.9 Å². The van der Waals surface area contributed by atoms with E-state index in [9.17, 15) is 0 Å². The van der Waals surface area contributed by atoms with E-state index < -0.39 is 0 Å². The standard InChI is InChI=1S/C15H22BrNO2/c1-2-18-14-5-3-4-6-15(14)19-12-11-17-9-7-13(16)8-10-17/h3-6,13H,2,7-12H2,1H3. The molecule has 106 valence electrons. The van der Waals surface area contributed by atoms with Gasteiger partial charge in [0.25, 0.3) is 0 Å². The van der Waals surface area contributed by atoms with Gasteiger partial charge in [0.1, 0.15) is 6.61 Å². The molecular weight excluding hydrogens is 306 g/mol. The molecule has 4 heteroatoms. The predicted octanol–water partition coefficient (Wildman–Crippen LogP) is 3.32. The third kappa shape index (κ3) is 4.69. The molecule has 1 heterocycles. The van der Waals surface area contributed by atoms with Crippen LogP contribution in [0.2, 0.25) is 0 Å². The SMILES string of the molecule is CCOc1ccccc1OCCN1CCC(Br)CC1. The van der Waals surface area contributed by atoms with E-state index >= 15 is 0 Å². The minimum Gasteiger partial charge on any atom is -0.490 e. The summed E-state index contributed by atoms with van der Waals surface area (Å²) in [6.07, 6.45) is 2.46. The van der Waals surface area contributed by atoms with Gasteiger partial charge in [0.2, 0.25) is 0 Å². The van der Waals surface area contributed by atoms with Crippen LogP contribution in [-0.4, -0.2) is 42.6 Å². The molecule has 0 spiro atoms. The number of piperidine rings is 1. The molecule has 1 aliphatic heterocycles. The second-order valence-corrected chi connectivity index (χ2v) is 6.04. The summed E-state index contributed by atoms with van der Waals surface area (Å²) in [5, 5.41) is 0. The van der Waals surface area contributed by atoms with E-state index in [1.54, 1.807) is 0 Å². The van der Waals surface area contributed by atoms with Crippen molar-refractivity contribution in [2.75, 3.05) is 32.8 Å². The Bertz CT molecular complexity index is 378. The van der Waals surface area contributed by atoms with Crippen LogP contribution in [0.15, 0.2) is 24.3 Å². The van der Waals surface area contributed by atoms with Crippen LogP contribution < -0.4 is 9.47 Å². The molecule has 1 fully saturated rings. The Labute approximate surface area is 124 Å². The lowest BCUT2D eigenvalue weighted by Crippen LogP contribution is -2.36. The van der Waals surface area contributed by atoms with Crippen molar-refractivity contribution in [3.05, 3.63) is 24.3 Å². The Balaban J connectivity index is 1.76. The molecule has 1 saturated heterocycles. The molecule has 0 aliphatic carbocycles. The van der Waals surface area contributed by atoms with Gasteiger partial charge in [0.15, 0.2) is 11.5 Å². The van der Waals surface area contributed by atoms with E-state index in [1.807, 2.05) is 31.2 Å². The lowest BCUT2D eigenvalue weighted by atomic mass is 10.1. The zero-order valence-corrected chi connectivity index (χ0v) is 13.1. The summed E-state index contributed by atoms with van der Waals surface area (Å²) in [7, 11) is 0. The van der Waals surface area contributed by atoms with Crippen LogP contribution in [0.4, 0.5) is 0 Å².